The van der Waals surface area contributed by atoms with Crippen LogP contribution in [0.2, 0.25) is 0 Å². The zero-order valence-corrected chi connectivity index (χ0v) is 17.1. The lowest BCUT2D eigenvalue weighted by Crippen LogP contribution is -2.22. The van der Waals surface area contributed by atoms with Crippen molar-refractivity contribution in [1.29, 1.82) is 0 Å². The Balaban J connectivity index is 1.27. The highest BCUT2D eigenvalue weighted by atomic mass is 16.5. The summed E-state index contributed by atoms with van der Waals surface area (Å²) in [6.45, 7) is 3.35. The van der Waals surface area contributed by atoms with Crippen molar-refractivity contribution < 1.29 is 14.3 Å². The van der Waals surface area contributed by atoms with Gasteiger partial charge < -0.3 is 19.8 Å². The first-order valence-corrected chi connectivity index (χ1v) is 10.3. The maximum Gasteiger partial charge on any atom is 0.216 e. The van der Waals surface area contributed by atoms with Gasteiger partial charge in [0, 0.05) is 37.0 Å². The van der Waals surface area contributed by atoms with Crippen molar-refractivity contribution >= 4 is 27.6 Å². The number of hydrogen-bond donors (Lipinski definition) is 2. The number of aromatic nitrogens is 1. The number of nitrogens with one attached hydrogen (secondary N) is 2. The van der Waals surface area contributed by atoms with E-state index in [1.807, 2.05) is 36.5 Å². The third-order valence-corrected chi connectivity index (χ3v) is 5.05. The summed E-state index contributed by atoms with van der Waals surface area (Å²) in [7, 11) is 0. The molecule has 0 aliphatic carbocycles. The Labute approximate surface area is 176 Å². The molecule has 0 aliphatic rings. The van der Waals surface area contributed by atoms with Gasteiger partial charge in [0.25, 0.3) is 0 Å². The maximum absolute atomic E-state index is 11.1. The van der Waals surface area contributed by atoms with Crippen LogP contribution in [0.25, 0.3) is 21.7 Å². The van der Waals surface area contributed by atoms with Crippen molar-refractivity contribution in [3.63, 3.8) is 0 Å². The standard InChI is InChI=1S/C25H26N2O3/c1-18(28)26-12-11-21-17-27-25-10-9-23(16-24(21)25)30-14-4-13-29-22-8-7-19-5-2-3-6-20(19)15-22/h2-3,5-10,15-17,27H,4,11-14H2,1H3,(H,26,28). The van der Waals surface area contributed by atoms with Crippen molar-refractivity contribution in [2.75, 3.05) is 19.8 Å². The molecule has 2 N–H and O–H groups in total. The number of carbonyl (C=O) groups excluding carboxylic acids is 1. The summed E-state index contributed by atoms with van der Waals surface area (Å²) in [5.74, 6) is 1.71. The second-order valence-electron chi connectivity index (χ2n) is 7.31. The van der Waals surface area contributed by atoms with Gasteiger partial charge in [0.15, 0.2) is 0 Å². The molecule has 30 heavy (non-hydrogen) atoms. The topological polar surface area (TPSA) is 63.4 Å². The Morgan fingerprint density at radius 1 is 0.933 bits per heavy atom. The maximum atomic E-state index is 11.1. The molecule has 0 bridgehead atoms. The fraction of sp³-hybridized carbons (Fsp3) is 0.240. The number of fused-ring (bicyclic) bond motifs is 2. The van der Waals surface area contributed by atoms with Crippen molar-refractivity contribution in [1.82, 2.24) is 10.3 Å². The molecule has 0 saturated carbocycles. The normalized spacial score (nSPS) is 11.0. The lowest BCUT2D eigenvalue weighted by Gasteiger charge is -2.09. The monoisotopic (exact) mass is 402 g/mol. The van der Waals surface area contributed by atoms with Crippen LogP contribution in [0.4, 0.5) is 0 Å². The van der Waals surface area contributed by atoms with Crippen LogP contribution < -0.4 is 14.8 Å². The van der Waals surface area contributed by atoms with Crippen LogP contribution in [0.3, 0.4) is 0 Å². The molecule has 0 spiro atoms. The van der Waals surface area contributed by atoms with Gasteiger partial charge in [0.2, 0.25) is 5.91 Å². The molecule has 4 rings (SSSR count). The van der Waals surface area contributed by atoms with Gasteiger partial charge >= 0.3 is 0 Å². The van der Waals surface area contributed by atoms with Crippen LogP contribution >= 0.6 is 0 Å². The van der Waals surface area contributed by atoms with E-state index in [1.165, 1.54) is 23.3 Å². The predicted octanol–water partition coefficient (Wildman–Crippen LogP) is 4.85. The van der Waals surface area contributed by atoms with E-state index in [9.17, 15) is 4.79 Å². The number of carbonyl (C=O) groups is 1. The number of H-pyrrole nitrogens is 1. The Hall–Kier alpha value is -3.47. The number of ether oxygens (including phenoxy) is 2. The van der Waals surface area contributed by atoms with Crippen LogP contribution in [-0.4, -0.2) is 30.6 Å². The van der Waals surface area contributed by atoms with Crippen molar-refractivity contribution in [2.24, 2.45) is 0 Å². The molecule has 3 aromatic carbocycles. The summed E-state index contributed by atoms with van der Waals surface area (Å²) in [4.78, 5) is 14.3. The lowest BCUT2D eigenvalue weighted by atomic mass is 10.1. The highest BCUT2D eigenvalue weighted by molar-refractivity contribution is 5.85. The fourth-order valence-corrected chi connectivity index (χ4v) is 3.52. The largest absolute Gasteiger partial charge is 0.493 e. The molecular formula is C25H26N2O3. The van der Waals surface area contributed by atoms with E-state index in [1.54, 1.807) is 0 Å². The first kappa shape index (κ1) is 19.8. The number of rotatable bonds is 9. The molecule has 0 unspecified atom stereocenters. The molecule has 1 heterocycles. The second-order valence-corrected chi connectivity index (χ2v) is 7.31. The van der Waals surface area contributed by atoms with Crippen molar-refractivity contribution in [3.05, 3.63) is 72.4 Å². The smallest absolute Gasteiger partial charge is 0.216 e. The summed E-state index contributed by atoms with van der Waals surface area (Å²) >= 11 is 0. The molecule has 154 valence electrons. The number of amides is 1. The van der Waals surface area contributed by atoms with E-state index < -0.39 is 0 Å². The fourth-order valence-electron chi connectivity index (χ4n) is 3.52. The molecule has 0 aliphatic heterocycles. The van der Waals surface area contributed by atoms with Crippen molar-refractivity contribution in [3.8, 4) is 11.5 Å². The van der Waals surface area contributed by atoms with E-state index in [-0.39, 0.29) is 5.91 Å². The summed E-state index contributed by atoms with van der Waals surface area (Å²) in [5.41, 5.74) is 2.24. The number of benzene rings is 3. The van der Waals surface area contributed by atoms with Gasteiger partial charge in [-0.05, 0) is 53.1 Å². The van der Waals surface area contributed by atoms with Gasteiger partial charge in [-0.15, -0.1) is 0 Å². The third-order valence-electron chi connectivity index (χ3n) is 5.05. The first-order valence-electron chi connectivity index (χ1n) is 10.3. The second kappa shape index (κ2) is 9.35. The first-order chi connectivity index (χ1) is 14.7. The quantitative estimate of drug-likeness (QED) is 0.394. The van der Waals surface area contributed by atoms with E-state index >= 15 is 0 Å². The molecule has 1 amide bonds. The lowest BCUT2D eigenvalue weighted by molar-refractivity contribution is -0.118. The Morgan fingerprint density at radius 3 is 2.47 bits per heavy atom. The third kappa shape index (κ3) is 4.92. The highest BCUT2D eigenvalue weighted by Gasteiger charge is 2.06. The molecule has 4 aromatic rings. The van der Waals surface area contributed by atoms with Gasteiger partial charge in [-0.25, -0.2) is 0 Å². The van der Waals surface area contributed by atoms with E-state index in [4.69, 9.17) is 9.47 Å². The van der Waals surface area contributed by atoms with Gasteiger partial charge in [0.1, 0.15) is 11.5 Å². The average Bonchev–Trinajstić information content (AvgIpc) is 3.15. The van der Waals surface area contributed by atoms with Crippen molar-refractivity contribution in [2.45, 2.75) is 19.8 Å². The van der Waals surface area contributed by atoms with E-state index in [2.05, 4.69) is 40.6 Å². The highest BCUT2D eigenvalue weighted by Crippen LogP contribution is 2.24. The van der Waals surface area contributed by atoms with Crippen LogP contribution in [-0.2, 0) is 11.2 Å². The Bertz CT molecular complexity index is 1150. The van der Waals surface area contributed by atoms with Crippen LogP contribution in [0.5, 0.6) is 11.5 Å². The molecule has 5 heteroatoms. The predicted molar refractivity (Wildman–Crippen MR) is 120 cm³/mol. The number of aromatic amines is 1. The summed E-state index contributed by atoms with van der Waals surface area (Å²) in [6.07, 6.45) is 3.57. The average molecular weight is 402 g/mol. The Kier molecular flexibility index (Phi) is 6.18. The molecule has 0 atom stereocenters. The minimum absolute atomic E-state index is 0.00947. The Morgan fingerprint density at radius 2 is 1.67 bits per heavy atom. The minimum atomic E-state index is -0.00947. The SMILES string of the molecule is CC(=O)NCCc1c[nH]c2ccc(OCCCOc3ccc4ccccc4c3)cc12. The molecule has 1 aromatic heterocycles. The minimum Gasteiger partial charge on any atom is -0.493 e. The molecular weight excluding hydrogens is 376 g/mol. The van der Waals surface area contributed by atoms with Crippen LogP contribution in [0.1, 0.15) is 18.9 Å². The van der Waals surface area contributed by atoms with E-state index in [0.29, 0.717) is 19.8 Å². The summed E-state index contributed by atoms with van der Waals surface area (Å²) in [6, 6.07) is 20.5. The number of hydrogen-bond acceptors (Lipinski definition) is 3. The summed E-state index contributed by atoms with van der Waals surface area (Å²) < 4.78 is 11.8. The van der Waals surface area contributed by atoms with Gasteiger partial charge in [-0.2, -0.15) is 0 Å². The molecule has 0 radical (unpaired) electrons. The summed E-state index contributed by atoms with van der Waals surface area (Å²) in [5, 5.41) is 6.36. The van der Waals surface area contributed by atoms with Gasteiger partial charge in [-0.3, -0.25) is 4.79 Å². The molecule has 0 saturated heterocycles. The van der Waals surface area contributed by atoms with E-state index in [0.717, 1.165) is 35.2 Å². The molecule has 0 fully saturated rings. The van der Waals surface area contributed by atoms with Gasteiger partial charge in [0.05, 0.1) is 13.2 Å². The zero-order chi connectivity index (χ0) is 20.8. The van der Waals surface area contributed by atoms with Gasteiger partial charge in [-0.1, -0.05) is 30.3 Å². The van der Waals surface area contributed by atoms with Crippen LogP contribution in [0.15, 0.2) is 66.9 Å². The zero-order valence-electron chi connectivity index (χ0n) is 17.1. The molecule has 5 nitrogen and oxygen atoms in total. The van der Waals surface area contributed by atoms with Crippen LogP contribution in [0, 0.1) is 0 Å².